The van der Waals surface area contributed by atoms with Gasteiger partial charge in [0.1, 0.15) is 0 Å². The summed E-state index contributed by atoms with van der Waals surface area (Å²) in [6.07, 6.45) is 0. The van der Waals surface area contributed by atoms with Crippen LogP contribution in [0.3, 0.4) is 0 Å². The second kappa shape index (κ2) is 10.8. The number of thiophene rings is 1. The number of fused-ring (bicyclic) bond motifs is 3. The van der Waals surface area contributed by atoms with Gasteiger partial charge in [-0.1, -0.05) is 127 Å². The SMILES string of the molecule is c1ccc(-c2cc(-c3ccc(-c4ccc5sc6ccccc6c5c4)c(-c4ccccc4)c3)nc(-c3ccccc3)n2)cc1. The Kier molecular flexibility index (Phi) is 6.36. The van der Waals surface area contributed by atoms with E-state index in [0.717, 1.165) is 33.9 Å². The van der Waals surface area contributed by atoms with E-state index in [9.17, 15) is 0 Å². The highest BCUT2D eigenvalue weighted by molar-refractivity contribution is 7.25. The van der Waals surface area contributed by atoms with E-state index < -0.39 is 0 Å². The van der Waals surface area contributed by atoms with Gasteiger partial charge in [-0.05, 0) is 52.6 Å². The van der Waals surface area contributed by atoms with E-state index in [2.05, 4.69) is 133 Å². The Morgan fingerprint density at radius 1 is 0.349 bits per heavy atom. The van der Waals surface area contributed by atoms with Crippen LogP contribution in [0.5, 0.6) is 0 Å². The Morgan fingerprint density at radius 2 is 0.930 bits per heavy atom. The maximum Gasteiger partial charge on any atom is 0.160 e. The van der Waals surface area contributed by atoms with E-state index in [1.54, 1.807) is 0 Å². The summed E-state index contributed by atoms with van der Waals surface area (Å²) in [5.41, 5.74) is 9.69. The molecule has 0 aliphatic heterocycles. The Morgan fingerprint density at radius 3 is 1.67 bits per heavy atom. The highest BCUT2D eigenvalue weighted by Gasteiger charge is 2.15. The minimum atomic E-state index is 0.720. The standard InChI is InChI=1S/C40H26N2S/c1-4-12-27(13-5-1)34-25-31(20-22-32(34)30-21-23-39-35(24-30)33-18-10-11-19-38(33)43-39)37-26-36(28-14-6-2-7-15-28)41-40(42-37)29-16-8-3-9-17-29/h1-26H. The molecule has 0 fully saturated rings. The minimum Gasteiger partial charge on any atom is -0.228 e. The average molecular weight is 567 g/mol. The zero-order valence-corrected chi connectivity index (χ0v) is 24.1. The van der Waals surface area contributed by atoms with Crippen molar-refractivity contribution in [3.05, 3.63) is 158 Å². The molecule has 8 rings (SSSR count). The van der Waals surface area contributed by atoms with Crippen LogP contribution in [0.25, 0.3) is 76.3 Å². The summed E-state index contributed by atoms with van der Waals surface area (Å²) in [5.74, 6) is 0.720. The van der Waals surface area contributed by atoms with E-state index in [4.69, 9.17) is 9.97 Å². The summed E-state index contributed by atoms with van der Waals surface area (Å²) in [6.45, 7) is 0. The van der Waals surface area contributed by atoms with Gasteiger partial charge >= 0.3 is 0 Å². The van der Waals surface area contributed by atoms with Gasteiger partial charge in [0.2, 0.25) is 0 Å². The molecule has 2 nitrogen and oxygen atoms in total. The number of nitrogens with zero attached hydrogens (tertiary/aromatic N) is 2. The van der Waals surface area contributed by atoms with Crippen LogP contribution in [-0.4, -0.2) is 9.97 Å². The molecule has 0 amide bonds. The lowest BCUT2D eigenvalue weighted by Gasteiger charge is -2.14. The molecule has 0 atom stereocenters. The molecule has 2 heterocycles. The number of hydrogen-bond donors (Lipinski definition) is 0. The molecule has 0 radical (unpaired) electrons. The average Bonchev–Trinajstić information content (AvgIpc) is 3.47. The van der Waals surface area contributed by atoms with Crippen molar-refractivity contribution in [2.45, 2.75) is 0 Å². The van der Waals surface area contributed by atoms with Gasteiger partial charge in [0.25, 0.3) is 0 Å². The van der Waals surface area contributed by atoms with E-state index in [1.165, 1.54) is 42.4 Å². The Labute approximate surface area is 254 Å². The molecule has 8 aromatic rings. The van der Waals surface area contributed by atoms with Crippen molar-refractivity contribution >= 4 is 31.5 Å². The first-order valence-electron chi connectivity index (χ1n) is 14.4. The maximum atomic E-state index is 5.10. The van der Waals surface area contributed by atoms with Crippen molar-refractivity contribution in [1.29, 1.82) is 0 Å². The van der Waals surface area contributed by atoms with Crippen LogP contribution in [0.2, 0.25) is 0 Å². The normalized spacial score (nSPS) is 11.3. The third-order valence-corrected chi connectivity index (χ3v) is 9.07. The quantitative estimate of drug-likeness (QED) is 0.207. The molecular weight excluding hydrogens is 541 g/mol. The molecule has 0 saturated carbocycles. The molecule has 6 aromatic carbocycles. The smallest absolute Gasteiger partial charge is 0.160 e. The fourth-order valence-electron chi connectivity index (χ4n) is 5.77. The fourth-order valence-corrected chi connectivity index (χ4v) is 6.86. The summed E-state index contributed by atoms with van der Waals surface area (Å²) in [7, 11) is 0. The summed E-state index contributed by atoms with van der Waals surface area (Å²) < 4.78 is 2.63. The largest absolute Gasteiger partial charge is 0.228 e. The zero-order valence-electron chi connectivity index (χ0n) is 23.3. The van der Waals surface area contributed by atoms with Crippen molar-refractivity contribution in [3.63, 3.8) is 0 Å². The van der Waals surface area contributed by atoms with Gasteiger partial charge in [0.15, 0.2) is 5.82 Å². The Balaban J connectivity index is 1.32. The first-order valence-corrected chi connectivity index (χ1v) is 15.2. The van der Waals surface area contributed by atoms with Gasteiger partial charge in [0, 0.05) is 36.9 Å². The first kappa shape index (κ1) is 25.3. The molecule has 43 heavy (non-hydrogen) atoms. The number of aromatic nitrogens is 2. The van der Waals surface area contributed by atoms with E-state index in [1.807, 2.05) is 35.6 Å². The predicted molar refractivity (Wildman–Crippen MR) is 182 cm³/mol. The van der Waals surface area contributed by atoms with Gasteiger partial charge < -0.3 is 0 Å². The van der Waals surface area contributed by atoms with E-state index in [0.29, 0.717) is 0 Å². The molecule has 2 aromatic heterocycles. The summed E-state index contributed by atoms with van der Waals surface area (Å²) in [6, 6.07) is 55.6. The van der Waals surface area contributed by atoms with Crippen molar-refractivity contribution in [3.8, 4) is 56.2 Å². The van der Waals surface area contributed by atoms with Crippen LogP contribution in [0.1, 0.15) is 0 Å². The lowest BCUT2D eigenvalue weighted by molar-refractivity contribution is 1.18. The Hall–Kier alpha value is -5.38. The molecule has 202 valence electrons. The molecule has 0 unspecified atom stereocenters. The van der Waals surface area contributed by atoms with Crippen LogP contribution in [0, 0.1) is 0 Å². The number of hydrogen-bond acceptors (Lipinski definition) is 3. The monoisotopic (exact) mass is 566 g/mol. The minimum absolute atomic E-state index is 0.720. The molecule has 0 aliphatic rings. The topological polar surface area (TPSA) is 25.8 Å². The molecule has 0 saturated heterocycles. The van der Waals surface area contributed by atoms with Crippen molar-refractivity contribution in [2.24, 2.45) is 0 Å². The molecule has 0 N–H and O–H groups in total. The lowest BCUT2D eigenvalue weighted by Crippen LogP contribution is -1.96. The van der Waals surface area contributed by atoms with Gasteiger partial charge in [-0.15, -0.1) is 11.3 Å². The molecule has 3 heteroatoms. The van der Waals surface area contributed by atoms with Gasteiger partial charge in [0.05, 0.1) is 11.4 Å². The van der Waals surface area contributed by atoms with Crippen LogP contribution in [0.15, 0.2) is 158 Å². The molecule has 0 aliphatic carbocycles. The summed E-state index contributed by atoms with van der Waals surface area (Å²) in [4.78, 5) is 10.1. The predicted octanol–water partition coefficient (Wildman–Crippen LogP) is 11.2. The Bertz CT molecular complexity index is 2160. The van der Waals surface area contributed by atoms with Crippen LogP contribution >= 0.6 is 11.3 Å². The number of benzene rings is 6. The molecule has 0 bridgehead atoms. The highest BCUT2D eigenvalue weighted by Crippen LogP contribution is 2.40. The van der Waals surface area contributed by atoms with Gasteiger partial charge in [-0.25, -0.2) is 9.97 Å². The van der Waals surface area contributed by atoms with Crippen LogP contribution in [0.4, 0.5) is 0 Å². The molecular formula is C40H26N2S. The van der Waals surface area contributed by atoms with Crippen LogP contribution < -0.4 is 0 Å². The first-order chi connectivity index (χ1) is 21.3. The van der Waals surface area contributed by atoms with Crippen LogP contribution in [-0.2, 0) is 0 Å². The van der Waals surface area contributed by atoms with Crippen molar-refractivity contribution in [2.75, 3.05) is 0 Å². The lowest BCUT2D eigenvalue weighted by atomic mass is 9.91. The fraction of sp³-hybridized carbons (Fsp3) is 0. The maximum absolute atomic E-state index is 5.10. The van der Waals surface area contributed by atoms with Crippen molar-refractivity contribution in [1.82, 2.24) is 9.97 Å². The summed E-state index contributed by atoms with van der Waals surface area (Å²) >= 11 is 1.85. The zero-order chi connectivity index (χ0) is 28.6. The second-order valence-electron chi connectivity index (χ2n) is 10.6. The molecule has 0 spiro atoms. The van der Waals surface area contributed by atoms with E-state index in [-0.39, 0.29) is 0 Å². The highest BCUT2D eigenvalue weighted by atomic mass is 32.1. The number of rotatable bonds is 5. The van der Waals surface area contributed by atoms with E-state index >= 15 is 0 Å². The second-order valence-corrected chi connectivity index (χ2v) is 11.7. The van der Waals surface area contributed by atoms with Gasteiger partial charge in [-0.2, -0.15) is 0 Å². The third-order valence-electron chi connectivity index (χ3n) is 7.92. The third kappa shape index (κ3) is 4.80. The van der Waals surface area contributed by atoms with Gasteiger partial charge in [-0.3, -0.25) is 0 Å². The van der Waals surface area contributed by atoms with Crippen molar-refractivity contribution < 1.29 is 0 Å². The summed E-state index contributed by atoms with van der Waals surface area (Å²) in [5, 5.41) is 2.61.